The summed E-state index contributed by atoms with van der Waals surface area (Å²) in [5.74, 6) is 1.96. The Kier molecular flexibility index (Phi) is 3.32. The minimum Gasteiger partial charge on any atom is -0.335 e. The van der Waals surface area contributed by atoms with Gasteiger partial charge in [0.2, 0.25) is 0 Å². The van der Waals surface area contributed by atoms with Crippen LogP contribution in [0.5, 0.6) is 0 Å². The fourth-order valence-electron chi connectivity index (χ4n) is 1.29. The first kappa shape index (κ1) is 9.30. The van der Waals surface area contributed by atoms with Crippen LogP contribution in [0.15, 0.2) is 12.4 Å². The first-order valence-electron chi connectivity index (χ1n) is 4.77. The van der Waals surface area contributed by atoms with Crippen molar-refractivity contribution >= 4 is 0 Å². The van der Waals surface area contributed by atoms with Gasteiger partial charge in [-0.15, -0.1) is 0 Å². The summed E-state index contributed by atoms with van der Waals surface area (Å²) >= 11 is 0. The van der Waals surface area contributed by atoms with Crippen LogP contribution >= 0.6 is 0 Å². The second-order valence-electron chi connectivity index (χ2n) is 3.36. The molecule has 2 heteroatoms. The van der Waals surface area contributed by atoms with Gasteiger partial charge in [0.05, 0.1) is 0 Å². The van der Waals surface area contributed by atoms with Gasteiger partial charge in [0.15, 0.2) is 0 Å². The Morgan fingerprint density at radius 3 is 2.83 bits per heavy atom. The van der Waals surface area contributed by atoms with Gasteiger partial charge in [0.1, 0.15) is 5.82 Å². The Bertz CT molecular complexity index is 227. The molecule has 0 aliphatic heterocycles. The summed E-state index contributed by atoms with van der Waals surface area (Å²) in [7, 11) is 0. The lowest BCUT2D eigenvalue weighted by atomic mass is 10.1. The van der Waals surface area contributed by atoms with Gasteiger partial charge >= 0.3 is 0 Å². The zero-order valence-electron chi connectivity index (χ0n) is 8.25. The third-order valence-electron chi connectivity index (χ3n) is 2.32. The average molecular weight is 166 g/mol. The van der Waals surface area contributed by atoms with E-state index in [1.54, 1.807) is 0 Å². The molecule has 12 heavy (non-hydrogen) atoms. The lowest BCUT2D eigenvalue weighted by Crippen LogP contribution is -2.08. The third-order valence-corrected chi connectivity index (χ3v) is 2.32. The Hall–Kier alpha value is -0.790. The zero-order valence-corrected chi connectivity index (χ0v) is 8.25. The molecule has 68 valence electrons. The molecular weight excluding hydrogens is 148 g/mol. The van der Waals surface area contributed by atoms with Gasteiger partial charge in [0.25, 0.3) is 0 Å². The van der Waals surface area contributed by atoms with Gasteiger partial charge in [0, 0.05) is 25.4 Å². The molecule has 0 fully saturated rings. The average Bonchev–Trinajstić information content (AvgIpc) is 2.51. The van der Waals surface area contributed by atoms with Crippen LogP contribution in [-0.4, -0.2) is 9.55 Å². The van der Waals surface area contributed by atoms with E-state index in [9.17, 15) is 0 Å². The minimum atomic E-state index is 0.754. The number of nitrogens with zero attached hydrogens (tertiary/aromatic N) is 2. The molecule has 0 N–H and O–H groups in total. The Labute approximate surface area is 74.6 Å². The van der Waals surface area contributed by atoms with Crippen LogP contribution in [0.3, 0.4) is 0 Å². The van der Waals surface area contributed by atoms with Crippen molar-refractivity contribution in [3.05, 3.63) is 18.2 Å². The van der Waals surface area contributed by atoms with Crippen molar-refractivity contribution in [2.75, 3.05) is 0 Å². The van der Waals surface area contributed by atoms with Crippen LogP contribution in [0.2, 0.25) is 0 Å². The van der Waals surface area contributed by atoms with Crippen LogP contribution in [0.4, 0.5) is 0 Å². The van der Waals surface area contributed by atoms with Crippen molar-refractivity contribution in [3.63, 3.8) is 0 Å². The van der Waals surface area contributed by atoms with Crippen LogP contribution in [0.1, 0.15) is 33.0 Å². The van der Waals surface area contributed by atoms with E-state index in [-0.39, 0.29) is 0 Å². The summed E-state index contributed by atoms with van der Waals surface area (Å²) in [5.41, 5.74) is 0. The zero-order chi connectivity index (χ0) is 8.97. The second-order valence-corrected chi connectivity index (χ2v) is 3.36. The highest BCUT2D eigenvalue weighted by atomic mass is 15.1. The Morgan fingerprint density at radius 1 is 1.50 bits per heavy atom. The number of aromatic nitrogens is 2. The van der Waals surface area contributed by atoms with E-state index in [1.165, 1.54) is 12.2 Å². The van der Waals surface area contributed by atoms with Crippen molar-refractivity contribution in [1.29, 1.82) is 0 Å². The lowest BCUT2D eigenvalue weighted by Gasteiger charge is -2.11. The summed E-state index contributed by atoms with van der Waals surface area (Å²) in [4.78, 5) is 4.28. The van der Waals surface area contributed by atoms with Crippen molar-refractivity contribution in [3.8, 4) is 0 Å². The van der Waals surface area contributed by atoms with Gasteiger partial charge in [-0.25, -0.2) is 4.98 Å². The van der Waals surface area contributed by atoms with E-state index in [2.05, 4.69) is 36.5 Å². The smallest absolute Gasteiger partial charge is 0.108 e. The number of aryl methyl sites for hydroxylation is 1. The topological polar surface area (TPSA) is 17.8 Å². The number of rotatable bonds is 4. The summed E-state index contributed by atoms with van der Waals surface area (Å²) in [6.07, 6.45) is 6.23. The molecule has 1 aromatic rings. The second kappa shape index (κ2) is 4.29. The van der Waals surface area contributed by atoms with E-state index < -0.39 is 0 Å². The van der Waals surface area contributed by atoms with Crippen LogP contribution in [0.25, 0.3) is 0 Å². The summed E-state index contributed by atoms with van der Waals surface area (Å²) in [6.45, 7) is 7.77. The standard InChI is InChI=1S/C10H18N2/c1-4-9(3)8-12-7-6-11-10(12)5-2/h6-7,9H,4-5,8H2,1-3H3. The van der Waals surface area contributed by atoms with E-state index >= 15 is 0 Å². The highest BCUT2D eigenvalue weighted by molar-refractivity contribution is 4.91. The summed E-state index contributed by atoms with van der Waals surface area (Å²) in [6, 6.07) is 0. The van der Waals surface area contributed by atoms with E-state index in [0.29, 0.717) is 0 Å². The molecule has 0 radical (unpaired) electrons. The maximum Gasteiger partial charge on any atom is 0.108 e. The molecule has 1 heterocycles. The summed E-state index contributed by atoms with van der Waals surface area (Å²) in [5, 5.41) is 0. The van der Waals surface area contributed by atoms with E-state index in [4.69, 9.17) is 0 Å². The molecule has 0 saturated heterocycles. The molecule has 2 nitrogen and oxygen atoms in total. The Morgan fingerprint density at radius 2 is 2.25 bits per heavy atom. The van der Waals surface area contributed by atoms with Crippen molar-refractivity contribution < 1.29 is 0 Å². The SMILES string of the molecule is CCc1nccn1CC(C)CC. The van der Waals surface area contributed by atoms with Gasteiger partial charge in [-0.05, 0) is 5.92 Å². The maximum absolute atomic E-state index is 4.28. The van der Waals surface area contributed by atoms with Crippen molar-refractivity contribution in [2.45, 2.75) is 40.2 Å². The lowest BCUT2D eigenvalue weighted by molar-refractivity contribution is 0.458. The van der Waals surface area contributed by atoms with Crippen LogP contribution < -0.4 is 0 Å². The molecule has 1 rings (SSSR count). The molecule has 0 aliphatic rings. The van der Waals surface area contributed by atoms with E-state index in [1.807, 2.05) is 6.20 Å². The van der Waals surface area contributed by atoms with Gasteiger partial charge in [-0.3, -0.25) is 0 Å². The van der Waals surface area contributed by atoms with Crippen molar-refractivity contribution in [1.82, 2.24) is 9.55 Å². The first-order valence-corrected chi connectivity index (χ1v) is 4.77. The predicted octanol–water partition coefficient (Wildman–Crippen LogP) is 2.49. The predicted molar refractivity (Wildman–Crippen MR) is 51.1 cm³/mol. The van der Waals surface area contributed by atoms with Gasteiger partial charge in [-0.2, -0.15) is 0 Å². The molecule has 0 saturated carbocycles. The van der Waals surface area contributed by atoms with Crippen LogP contribution in [-0.2, 0) is 13.0 Å². The Balaban J connectivity index is 2.61. The molecule has 0 aliphatic carbocycles. The van der Waals surface area contributed by atoms with Gasteiger partial charge in [-0.1, -0.05) is 27.2 Å². The molecule has 1 atom stereocenters. The number of hydrogen-bond donors (Lipinski definition) is 0. The molecule has 0 aromatic carbocycles. The normalized spacial score (nSPS) is 13.2. The first-order chi connectivity index (χ1) is 5.77. The molecule has 0 bridgehead atoms. The third kappa shape index (κ3) is 2.10. The minimum absolute atomic E-state index is 0.754. The largest absolute Gasteiger partial charge is 0.335 e. The highest BCUT2D eigenvalue weighted by Gasteiger charge is 2.03. The maximum atomic E-state index is 4.28. The highest BCUT2D eigenvalue weighted by Crippen LogP contribution is 2.07. The monoisotopic (exact) mass is 166 g/mol. The van der Waals surface area contributed by atoms with Crippen LogP contribution in [0, 0.1) is 5.92 Å². The molecule has 1 aromatic heterocycles. The fourth-order valence-corrected chi connectivity index (χ4v) is 1.29. The molecule has 0 amide bonds. The van der Waals surface area contributed by atoms with Crippen molar-refractivity contribution in [2.24, 2.45) is 5.92 Å². The quantitative estimate of drug-likeness (QED) is 0.672. The number of hydrogen-bond acceptors (Lipinski definition) is 1. The molecule has 1 unspecified atom stereocenters. The molecular formula is C10H18N2. The number of imidazole rings is 1. The van der Waals surface area contributed by atoms with E-state index in [0.717, 1.165) is 18.9 Å². The summed E-state index contributed by atoms with van der Waals surface area (Å²) < 4.78 is 2.26. The fraction of sp³-hybridized carbons (Fsp3) is 0.700. The van der Waals surface area contributed by atoms with Gasteiger partial charge < -0.3 is 4.57 Å². The molecule has 0 spiro atoms.